The molecule has 8 heteroatoms. The normalized spacial score (nSPS) is 18.8. The summed E-state index contributed by atoms with van der Waals surface area (Å²) in [5.41, 5.74) is 2.54. The van der Waals surface area contributed by atoms with E-state index in [2.05, 4.69) is 55.9 Å². The van der Waals surface area contributed by atoms with E-state index in [4.69, 9.17) is 11.6 Å². The summed E-state index contributed by atoms with van der Waals surface area (Å²) in [5, 5.41) is 4.39. The molecule has 0 radical (unpaired) electrons. The van der Waals surface area contributed by atoms with Gasteiger partial charge in [0.1, 0.15) is 0 Å². The van der Waals surface area contributed by atoms with E-state index in [-0.39, 0.29) is 24.0 Å². The lowest BCUT2D eigenvalue weighted by atomic mass is 10.1. The molecule has 1 aromatic carbocycles. The highest BCUT2D eigenvalue weighted by Gasteiger charge is 2.21. The minimum absolute atomic E-state index is 0. The van der Waals surface area contributed by atoms with Crippen LogP contribution in [0.3, 0.4) is 0 Å². The van der Waals surface area contributed by atoms with E-state index in [0.29, 0.717) is 0 Å². The van der Waals surface area contributed by atoms with E-state index in [1.54, 1.807) is 0 Å². The topological polar surface area (TPSA) is 37.4 Å². The molecule has 2 aliphatic heterocycles. The molecule has 1 N–H and O–H groups in total. The Bertz CT molecular complexity index is 685. The van der Waals surface area contributed by atoms with Crippen LogP contribution in [0.5, 0.6) is 0 Å². The second-order valence-corrected chi connectivity index (χ2v) is 8.80. The maximum Gasteiger partial charge on any atom is 0.193 e. The van der Waals surface area contributed by atoms with E-state index in [1.165, 1.54) is 63.4 Å². The average Bonchev–Trinajstić information content (AvgIpc) is 2.78. The summed E-state index contributed by atoms with van der Waals surface area (Å²) in [6.45, 7) is 16.6. The van der Waals surface area contributed by atoms with E-state index < -0.39 is 0 Å². The number of hydrogen-bond donors (Lipinski definition) is 1. The molecule has 0 unspecified atom stereocenters. The number of anilines is 1. The van der Waals surface area contributed by atoms with Crippen LogP contribution in [0.4, 0.5) is 5.69 Å². The number of nitrogens with zero attached hydrogens (tertiary/aromatic N) is 5. The molecule has 0 bridgehead atoms. The second kappa shape index (κ2) is 13.7. The van der Waals surface area contributed by atoms with E-state index in [0.717, 1.165) is 43.7 Å². The van der Waals surface area contributed by atoms with Crippen LogP contribution in [-0.4, -0.2) is 99.7 Å². The Kier molecular flexibility index (Phi) is 11.7. The van der Waals surface area contributed by atoms with Crippen molar-refractivity contribution in [2.75, 3.05) is 83.9 Å². The number of unbranched alkanes of at least 4 members (excludes halogenated alkanes) is 1. The summed E-state index contributed by atoms with van der Waals surface area (Å²) in [6, 6.07) is 6.16. The molecule has 0 aromatic heterocycles. The van der Waals surface area contributed by atoms with Crippen molar-refractivity contribution in [2.45, 2.75) is 26.7 Å². The number of benzene rings is 1. The molecule has 2 fully saturated rings. The lowest BCUT2D eigenvalue weighted by Crippen LogP contribution is -2.52. The zero-order chi connectivity index (χ0) is 21.3. The lowest BCUT2D eigenvalue weighted by molar-refractivity contribution is 0.136. The Labute approximate surface area is 211 Å². The van der Waals surface area contributed by atoms with Gasteiger partial charge in [0.25, 0.3) is 0 Å². The zero-order valence-corrected chi connectivity index (χ0v) is 22.5. The average molecular weight is 563 g/mol. The van der Waals surface area contributed by atoms with Crippen LogP contribution in [0, 0.1) is 6.92 Å². The van der Waals surface area contributed by atoms with Gasteiger partial charge < -0.3 is 24.9 Å². The van der Waals surface area contributed by atoms with Crippen molar-refractivity contribution in [3.8, 4) is 0 Å². The Balaban J connectivity index is 0.00000341. The Morgan fingerprint density at radius 2 is 1.68 bits per heavy atom. The van der Waals surface area contributed by atoms with Crippen molar-refractivity contribution in [1.82, 2.24) is 20.0 Å². The third-order valence-electron chi connectivity index (χ3n) is 6.40. The van der Waals surface area contributed by atoms with Crippen molar-refractivity contribution < 1.29 is 0 Å². The molecule has 2 saturated heterocycles. The first-order valence-electron chi connectivity index (χ1n) is 11.5. The number of aliphatic imine (C=N–C) groups is 1. The maximum atomic E-state index is 6.21. The number of guanidine groups is 1. The molecular formula is C23H40ClIN6. The maximum absolute atomic E-state index is 6.21. The number of piperazine rings is 2. The minimum atomic E-state index is 0. The van der Waals surface area contributed by atoms with Gasteiger partial charge in [0, 0.05) is 76.7 Å². The first-order valence-corrected chi connectivity index (χ1v) is 11.9. The highest BCUT2D eigenvalue weighted by molar-refractivity contribution is 14.0. The van der Waals surface area contributed by atoms with Crippen molar-refractivity contribution >= 4 is 47.2 Å². The summed E-state index contributed by atoms with van der Waals surface area (Å²) >= 11 is 6.21. The summed E-state index contributed by atoms with van der Waals surface area (Å²) in [4.78, 5) is 14.5. The largest absolute Gasteiger partial charge is 0.368 e. The molecule has 176 valence electrons. The predicted molar refractivity (Wildman–Crippen MR) is 145 cm³/mol. The Morgan fingerprint density at radius 1 is 1.00 bits per heavy atom. The highest BCUT2D eigenvalue weighted by atomic mass is 127. The molecule has 2 heterocycles. The van der Waals surface area contributed by atoms with Crippen LogP contribution in [0.2, 0.25) is 5.02 Å². The Morgan fingerprint density at radius 3 is 2.32 bits per heavy atom. The van der Waals surface area contributed by atoms with Gasteiger partial charge >= 0.3 is 0 Å². The molecule has 0 aliphatic carbocycles. The number of nitrogens with one attached hydrogen (secondary N) is 1. The third kappa shape index (κ3) is 7.94. The number of rotatable bonds is 7. The van der Waals surface area contributed by atoms with Crippen LogP contribution in [-0.2, 0) is 0 Å². The predicted octanol–water partition coefficient (Wildman–Crippen LogP) is 3.38. The fraction of sp³-hybridized carbons (Fsp3) is 0.696. The summed E-state index contributed by atoms with van der Waals surface area (Å²) in [7, 11) is 1.89. The molecule has 31 heavy (non-hydrogen) atoms. The molecular weight excluding hydrogens is 523 g/mol. The van der Waals surface area contributed by atoms with E-state index in [9.17, 15) is 0 Å². The fourth-order valence-electron chi connectivity index (χ4n) is 4.40. The third-order valence-corrected chi connectivity index (χ3v) is 6.63. The van der Waals surface area contributed by atoms with Crippen molar-refractivity contribution in [1.29, 1.82) is 0 Å². The summed E-state index contributed by atoms with van der Waals surface area (Å²) in [5.74, 6) is 1.04. The molecule has 3 rings (SSSR count). The molecule has 1 aromatic rings. The van der Waals surface area contributed by atoms with Gasteiger partial charge in [0.05, 0.1) is 0 Å². The summed E-state index contributed by atoms with van der Waals surface area (Å²) in [6.07, 6.45) is 2.44. The monoisotopic (exact) mass is 562 g/mol. The Hall–Kier alpha value is -0.770. The lowest BCUT2D eigenvalue weighted by Gasteiger charge is -2.38. The van der Waals surface area contributed by atoms with Gasteiger partial charge in [-0.3, -0.25) is 4.99 Å². The molecule has 0 spiro atoms. The van der Waals surface area contributed by atoms with Crippen molar-refractivity contribution in [3.05, 3.63) is 28.8 Å². The van der Waals surface area contributed by atoms with E-state index in [1.807, 2.05) is 13.1 Å². The summed E-state index contributed by atoms with van der Waals surface area (Å²) < 4.78 is 0. The number of aryl methyl sites for hydroxylation is 1. The number of likely N-dealkylation sites (N-methyl/N-ethyl adjacent to an activating group) is 1. The van der Waals surface area contributed by atoms with Gasteiger partial charge in [-0.25, -0.2) is 0 Å². The highest BCUT2D eigenvalue weighted by Crippen LogP contribution is 2.25. The number of halogens is 2. The van der Waals surface area contributed by atoms with E-state index >= 15 is 0 Å². The van der Waals surface area contributed by atoms with Gasteiger partial charge in [0.2, 0.25) is 0 Å². The molecule has 0 amide bonds. The van der Waals surface area contributed by atoms with Crippen LogP contribution >= 0.6 is 35.6 Å². The quantitative estimate of drug-likeness (QED) is 0.239. The SMILES string of the molecule is CCN1CCN(CCCCNC(=NC)N2CCN(c3cc(Cl)ccc3C)CC2)CC1.I. The second-order valence-electron chi connectivity index (χ2n) is 8.36. The fourth-order valence-corrected chi connectivity index (χ4v) is 4.57. The van der Waals surface area contributed by atoms with Crippen LogP contribution in [0.1, 0.15) is 25.3 Å². The van der Waals surface area contributed by atoms with Crippen LogP contribution in [0.15, 0.2) is 23.2 Å². The zero-order valence-electron chi connectivity index (χ0n) is 19.4. The smallest absolute Gasteiger partial charge is 0.193 e. The minimum Gasteiger partial charge on any atom is -0.368 e. The molecule has 0 atom stereocenters. The first kappa shape index (κ1) is 26.5. The van der Waals surface area contributed by atoms with Crippen LogP contribution in [0.25, 0.3) is 0 Å². The van der Waals surface area contributed by atoms with Gasteiger partial charge in [-0.15, -0.1) is 24.0 Å². The van der Waals surface area contributed by atoms with Gasteiger partial charge in [-0.1, -0.05) is 24.6 Å². The van der Waals surface area contributed by atoms with Crippen molar-refractivity contribution in [3.63, 3.8) is 0 Å². The molecule has 2 aliphatic rings. The standard InChI is InChI=1S/C23H39ClN6.HI/c1-4-27-11-13-28(14-12-27)10-6-5-9-26-23(25-3)30-17-15-29(16-18-30)22-19-21(24)8-7-20(22)2;/h7-8,19H,4-6,9-18H2,1-3H3,(H,25,26);1H. The van der Waals surface area contributed by atoms with Crippen molar-refractivity contribution in [2.24, 2.45) is 4.99 Å². The van der Waals surface area contributed by atoms with Crippen LogP contribution < -0.4 is 10.2 Å². The van der Waals surface area contributed by atoms with Gasteiger partial charge in [-0.2, -0.15) is 0 Å². The molecule has 0 saturated carbocycles. The first-order chi connectivity index (χ1) is 14.6. The van der Waals surface area contributed by atoms with Gasteiger partial charge in [0.15, 0.2) is 5.96 Å². The molecule has 6 nitrogen and oxygen atoms in total. The number of hydrogen-bond acceptors (Lipinski definition) is 4. The van der Waals surface area contributed by atoms with Gasteiger partial charge in [-0.05, 0) is 50.6 Å².